The Morgan fingerprint density at radius 2 is 2.00 bits per heavy atom. The van der Waals surface area contributed by atoms with Crippen molar-refractivity contribution in [1.82, 2.24) is 10.3 Å². The second-order valence-corrected chi connectivity index (χ2v) is 6.76. The standard InChI is InChI=1S/C18H28N2O2/c1-12(2)15(16-13(3)8-7-11-19-16)18(22)20-17(21)14-9-5-4-6-10-14/h7-8,11-12,14-15,18,22H,4-6,9-10H2,1-3H3,(H,20,21). The molecule has 1 aromatic rings. The third-order valence-electron chi connectivity index (χ3n) is 4.69. The molecule has 0 aromatic carbocycles. The molecule has 1 amide bonds. The number of nitrogens with zero attached hydrogens (tertiary/aromatic N) is 1. The number of hydrogen-bond donors (Lipinski definition) is 2. The minimum atomic E-state index is -0.886. The van der Waals surface area contributed by atoms with Gasteiger partial charge >= 0.3 is 0 Å². The number of nitrogens with one attached hydrogen (secondary N) is 1. The van der Waals surface area contributed by atoms with Crippen LogP contribution < -0.4 is 5.32 Å². The topological polar surface area (TPSA) is 62.2 Å². The van der Waals surface area contributed by atoms with Crippen molar-refractivity contribution < 1.29 is 9.90 Å². The van der Waals surface area contributed by atoms with Gasteiger partial charge in [-0.15, -0.1) is 0 Å². The Kier molecular flexibility index (Phi) is 5.95. The summed E-state index contributed by atoms with van der Waals surface area (Å²) in [6.07, 6.45) is 6.17. The van der Waals surface area contributed by atoms with Crippen LogP contribution in [0.5, 0.6) is 0 Å². The molecular weight excluding hydrogens is 276 g/mol. The Balaban J connectivity index is 2.08. The smallest absolute Gasteiger partial charge is 0.225 e. The van der Waals surface area contributed by atoms with Crippen molar-refractivity contribution in [1.29, 1.82) is 0 Å². The molecule has 1 heterocycles. The first-order valence-corrected chi connectivity index (χ1v) is 8.40. The van der Waals surface area contributed by atoms with Crippen molar-refractivity contribution in [2.45, 2.75) is 65.0 Å². The Labute approximate surface area is 133 Å². The van der Waals surface area contributed by atoms with Crippen molar-refractivity contribution in [3.8, 4) is 0 Å². The van der Waals surface area contributed by atoms with Crippen molar-refractivity contribution in [2.24, 2.45) is 11.8 Å². The SMILES string of the molecule is Cc1cccnc1C(C(C)C)C(O)NC(=O)C1CCCCC1. The maximum atomic E-state index is 12.4. The van der Waals surface area contributed by atoms with E-state index in [2.05, 4.69) is 24.1 Å². The Morgan fingerprint density at radius 3 is 2.59 bits per heavy atom. The van der Waals surface area contributed by atoms with Crippen molar-refractivity contribution in [3.05, 3.63) is 29.6 Å². The molecule has 1 aliphatic rings. The summed E-state index contributed by atoms with van der Waals surface area (Å²) in [6, 6.07) is 3.89. The molecule has 22 heavy (non-hydrogen) atoms. The lowest BCUT2D eigenvalue weighted by Crippen LogP contribution is -2.44. The zero-order chi connectivity index (χ0) is 16.1. The van der Waals surface area contributed by atoms with Crippen molar-refractivity contribution in [2.75, 3.05) is 0 Å². The van der Waals surface area contributed by atoms with Crippen LogP contribution >= 0.6 is 0 Å². The van der Waals surface area contributed by atoms with Gasteiger partial charge in [0.25, 0.3) is 0 Å². The predicted octanol–water partition coefficient (Wildman–Crippen LogP) is 3.14. The first kappa shape index (κ1) is 16.9. The lowest BCUT2D eigenvalue weighted by molar-refractivity contribution is -0.129. The van der Waals surface area contributed by atoms with Gasteiger partial charge in [0, 0.05) is 18.0 Å². The Hall–Kier alpha value is -1.42. The molecule has 2 unspecified atom stereocenters. The molecule has 2 N–H and O–H groups in total. The third kappa shape index (κ3) is 4.07. The Bertz CT molecular complexity index is 496. The highest BCUT2D eigenvalue weighted by Gasteiger charge is 2.30. The van der Waals surface area contributed by atoms with E-state index in [4.69, 9.17) is 0 Å². The molecule has 4 heteroatoms. The summed E-state index contributed by atoms with van der Waals surface area (Å²) in [6.45, 7) is 6.09. The molecule has 1 fully saturated rings. The lowest BCUT2D eigenvalue weighted by Gasteiger charge is -2.29. The van der Waals surface area contributed by atoms with Gasteiger partial charge in [-0.2, -0.15) is 0 Å². The normalized spacial score (nSPS) is 19.0. The molecule has 1 aliphatic carbocycles. The summed E-state index contributed by atoms with van der Waals surface area (Å²) < 4.78 is 0. The summed E-state index contributed by atoms with van der Waals surface area (Å²) >= 11 is 0. The van der Waals surface area contributed by atoms with Gasteiger partial charge in [0.1, 0.15) is 6.23 Å². The first-order chi connectivity index (χ1) is 10.5. The zero-order valence-electron chi connectivity index (χ0n) is 13.9. The minimum Gasteiger partial charge on any atom is -0.373 e. The van der Waals surface area contributed by atoms with Gasteiger partial charge in [0.15, 0.2) is 0 Å². The fourth-order valence-electron chi connectivity index (χ4n) is 3.39. The second-order valence-electron chi connectivity index (χ2n) is 6.76. The molecule has 2 rings (SSSR count). The van der Waals surface area contributed by atoms with E-state index >= 15 is 0 Å². The Morgan fingerprint density at radius 1 is 1.32 bits per heavy atom. The van der Waals surface area contributed by atoms with Crippen LogP contribution in [0.25, 0.3) is 0 Å². The first-order valence-electron chi connectivity index (χ1n) is 8.40. The van der Waals surface area contributed by atoms with Crippen LogP contribution in [0.3, 0.4) is 0 Å². The number of pyridine rings is 1. The van der Waals surface area contributed by atoms with Gasteiger partial charge in [-0.1, -0.05) is 39.2 Å². The van der Waals surface area contributed by atoms with E-state index in [1.54, 1.807) is 6.20 Å². The van der Waals surface area contributed by atoms with Gasteiger partial charge in [-0.3, -0.25) is 9.78 Å². The van der Waals surface area contributed by atoms with Crippen LogP contribution in [0.4, 0.5) is 0 Å². The molecule has 0 saturated heterocycles. The van der Waals surface area contributed by atoms with Crippen LogP contribution in [0.2, 0.25) is 0 Å². The number of amides is 1. The highest BCUT2D eigenvalue weighted by Crippen LogP contribution is 2.29. The largest absolute Gasteiger partial charge is 0.373 e. The van der Waals surface area contributed by atoms with Crippen LogP contribution in [-0.4, -0.2) is 22.2 Å². The van der Waals surface area contributed by atoms with E-state index in [0.29, 0.717) is 0 Å². The number of carbonyl (C=O) groups is 1. The van der Waals surface area contributed by atoms with Gasteiger partial charge in [-0.25, -0.2) is 0 Å². The molecule has 122 valence electrons. The van der Waals surface area contributed by atoms with E-state index in [9.17, 15) is 9.90 Å². The van der Waals surface area contributed by atoms with Crippen molar-refractivity contribution >= 4 is 5.91 Å². The second kappa shape index (κ2) is 7.73. The molecule has 2 atom stereocenters. The predicted molar refractivity (Wildman–Crippen MR) is 87.3 cm³/mol. The fraction of sp³-hybridized carbons (Fsp3) is 0.667. The number of aromatic nitrogens is 1. The van der Waals surface area contributed by atoms with E-state index in [1.165, 1.54) is 6.42 Å². The number of carbonyl (C=O) groups excluding carboxylic acids is 1. The summed E-state index contributed by atoms with van der Waals surface area (Å²) in [7, 11) is 0. The van der Waals surface area contributed by atoms with Gasteiger partial charge < -0.3 is 10.4 Å². The lowest BCUT2D eigenvalue weighted by atomic mass is 9.86. The van der Waals surface area contributed by atoms with Crippen LogP contribution in [-0.2, 0) is 4.79 Å². The number of aliphatic hydroxyl groups is 1. The number of hydrogen-bond acceptors (Lipinski definition) is 3. The highest BCUT2D eigenvalue weighted by molar-refractivity contribution is 5.78. The van der Waals surface area contributed by atoms with Crippen LogP contribution in [0, 0.1) is 18.8 Å². The van der Waals surface area contributed by atoms with Gasteiger partial charge in [-0.05, 0) is 37.3 Å². The summed E-state index contributed by atoms with van der Waals surface area (Å²) in [5.41, 5.74) is 1.92. The minimum absolute atomic E-state index is 0.00793. The number of rotatable bonds is 5. The average molecular weight is 304 g/mol. The van der Waals surface area contributed by atoms with Gasteiger partial charge in [0.05, 0.1) is 5.69 Å². The van der Waals surface area contributed by atoms with E-state index in [0.717, 1.165) is 36.9 Å². The quantitative estimate of drug-likeness (QED) is 0.821. The van der Waals surface area contributed by atoms with E-state index in [1.807, 2.05) is 19.1 Å². The molecule has 1 saturated carbocycles. The van der Waals surface area contributed by atoms with E-state index in [-0.39, 0.29) is 23.7 Å². The fourth-order valence-corrected chi connectivity index (χ4v) is 3.39. The summed E-state index contributed by atoms with van der Waals surface area (Å²) in [5.74, 6) is 0.0523. The molecule has 0 radical (unpaired) electrons. The van der Waals surface area contributed by atoms with E-state index < -0.39 is 6.23 Å². The third-order valence-corrected chi connectivity index (χ3v) is 4.69. The number of aryl methyl sites for hydroxylation is 1. The summed E-state index contributed by atoms with van der Waals surface area (Å²) in [5, 5.41) is 13.4. The molecule has 1 aromatic heterocycles. The summed E-state index contributed by atoms with van der Waals surface area (Å²) in [4.78, 5) is 16.8. The highest BCUT2D eigenvalue weighted by atomic mass is 16.3. The molecular formula is C18H28N2O2. The zero-order valence-corrected chi connectivity index (χ0v) is 13.9. The number of aliphatic hydroxyl groups excluding tert-OH is 1. The maximum absolute atomic E-state index is 12.4. The molecule has 0 spiro atoms. The average Bonchev–Trinajstić information content (AvgIpc) is 2.50. The maximum Gasteiger partial charge on any atom is 0.225 e. The van der Waals surface area contributed by atoms with Crippen molar-refractivity contribution in [3.63, 3.8) is 0 Å². The molecule has 0 bridgehead atoms. The van der Waals surface area contributed by atoms with Crippen LogP contribution in [0.1, 0.15) is 63.1 Å². The monoisotopic (exact) mass is 304 g/mol. The van der Waals surface area contributed by atoms with Crippen LogP contribution in [0.15, 0.2) is 18.3 Å². The van der Waals surface area contributed by atoms with Gasteiger partial charge in [0.2, 0.25) is 5.91 Å². The molecule has 0 aliphatic heterocycles. The molecule has 4 nitrogen and oxygen atoms in total.